The molecule has 0 radical (unpaired) electrons. The van der Waals surface area contributed by atoms with Crippen molar-refractivity contribution in [3.63, 3.8) is 0 Å². The number of carbonyl (C=O) groups is 2. The van der Waals surface area contributed by atoms with Gasteiger partial charge in [0.2, 0.25) is 5.91 Å². The number of aliphatic hydroxyl groups is 5. The third kappa shape index (κ3) is 32.2. The first kappa shape index (κ1) is 61.4. The molecule has 11 heteroatoms. The monoisotopic (exact) mass is 932 g/mol. The second-order valence-electron chi connectivity index (χ2n) is 18.3. The summed E-state index contributed by atoms with van der Waals surface area (Å²) < 4.78 is 17.5. The second-order valence-corrected chi connectivity index (χ2v) is 18.3. The van der Waals surface area contributed by atoms with Crippen molar-refractivity contribution in [1.82, 2.24) is 5.32 Å². The van der Waals surface area contributed by atoms with Gasteiger partial charge < -0.3 is 45.1 Å². The van der Waals surface area contributed by atoms with E-state index in [1.165, 1.54) is 89.9 Å². The molecule has 66 heavy (non-hydrogen) atoms. The number of hydrogen-bond acceptors (Lipinski definition) is 10. The number of esters is 1. The van der Waals surface area contributed by atoms with Crippen molar-refractivity contribution in [2.45, 2.75) is 262 Å². The molecule has 0 aliphatic carbocycles. The topological polar surface area (TPSA) is 175 Å². The summed E-state index contributed by atoms with van der Waals surface area (Å²) in [4.78, 5) is 26.3. The molecule has 1 aliphatic rings. The van der Waals surface area contributed by atoms with Crippen LogP contribution in [-0.4, -0.2) is 99.6 Å². The number of unbranched alkanes of at least 4 members (excludes halogenated alkanes) is 23. The van der Waals surface area contributed by atoms with Crippen LogP contribution >= 0.6 is 0 Å². The lowest BCUT2D eigenvalue weighted by atomic mass is 9.99. The fraction of sp³-hybridized carbons (Fsp3) is 0.782. The third-order valence-electron chi connectivity index (χ3n) is 12.2. The van der Waals surface area contributed by atoms with Crippen LogP contribution in [0.3, 0.4) is 0 Å². The van der Waals surface area contributed by atoms with E-state index >= 15 is 0 Å². The lowest BCUT2D eigenvalue weighted by molar-refractivity contribution is -0.305. The average Bonchev–Trinajstić information content (AvgIpc) is 3.31. The number of amides is 1. The maximum Gasteiger partial charge on any atom is 0.306 e. The van der Waals surface area contributed by atoms with Crippen LogP contribution in [0.15, 0.2) is 60.8 Å². The molecule has 382 valence electrons. The molecule has 1 heterocycles. The van der Waals surface area contributed by atoms with E-state index in [0.29, 0.717) is 12.8 Å². The quantitative estimate of drug-likeness (QED) is 0.0149. The summed E-state index contributed by atoms with van der Waals surface area (Å²) in [5.74, 6) is -1.24. The predicted molar refractivity (Wildman–Crippen MR) is 269 cm³/mol. The largest absolute Gasteiger partial charge is 0.454 e. The molecule has 1 amide bonds. The third-order valence-corrected chi connectivity index (χ3v) is 12.2. The van der Waals surface area contributed by atoms with Gasteiger partial charge in [0.05, 0.1) is 25.4 Å². The highest BCUT2D eigenvalue weighted by Crippen LogP contribution is 2.26. The Morgan fingerprint density at radius 1 is 0.606 bits per heavy atom. The van der Waals surface area contributed by atoms with Crippen LogP contribution in [-0.2, 0) is 23.8 Å². The summed E-state index contributed by atoms with van der Waals surface area (Å²) in [7, 11) is 0. The van der Waals surface area contributed by atoms with E-state index in [-0.39, 0.29) is 19.4 Å². The van der Waals surface area contributed by atoms with Crippen molar-refractivity contribution in [1.29, 1.82) is 0 Å². The van der Waals surface area contributed by atoms with Crippen molar-refractivity contribution >= 4 is 11.9 Å². The molecule has 0 bridgehead atoms. The molecule has 1 aliphatic heterocycles. The standard InChI is InChI=1S/C55H97NO10/c1-4-7-10-13-16-19-22-25-28-31-34-37-40-43-50(60)66-53-52(62)51(61)49(44-57)65-55(53)64-45-46(47(58)41-38-35-32-29-26-23-20-17-14-11-8-5-2)56-54(63)48(59)42-39-36-33-30-27-24-21-18-15-12-9-6-3/h9,12,15,18,21,24-25,28,38,41,46-49,51-53,55,57-59,61-62H,4-8,10-11,13-14,16-17,19-20,22-23,26-27,29-37,39-40,42-45H2,1-3H3,(H,56,63)/b12-9+,18-15+,24-21-,28-25-,41-38+. The van der Waals surface area contributed by atoms with Crippen LogP contribution in [0.2, 0.25) is 0 Å². The van der Waals surface area contributed by atoms with E-state index in [0.717, 1.165) is 77.0 Å². The maximum absolute atomic E-state index is 13.3. The lowest BCUT2D eigenvalue weighted by Crippen LogP contribution is -2.61. The fourth-order valence-corrected chi connectivity index (χ4v) is 7.94. The van der Waals surface area contributed by atoms with Crippen LogP contribution < -0.4 is 5.32 Å². The van der Waals surface area contributed by atoms with Gasteiger partial charge >= 0.3 is 5.97 Å². The van der Waals surface area contributed by atoms with Gasteiger partial charge in [-0.1, -0.05) is 197 Å². The predicted octanol–water partition coefficient (Wildman–Crippen LogP) is 11.1. The summed E-state index contributed by atoms with van der Waals surface area (Å²) in [6, 6.07) is -1.04. The molecule has 0 aromatic rings. The number of hydrogen-bond donors (Lipinski definition) is 6. The summed E-state index contributed by atoms with van der Waals surface area (Å²) >= 11 is 0. The van der Waals surface area contributed by atoms with Crippen LogP contribution in [0.4, 0.5) is 0 Å². The minimum Gasteiger partial charge on any atom is -0.454 e. The van der Waals surface area contributed by atoms with E-state index in [1.807, 2.05) is 30.4 Å². The highest BCUT2D eigenvalue weighted by Gasteiger charge is 2.47. The van der Waals surface area contributed by atoms with Crippen LogP contribution in [0, 0.1) is 0 Å². The zero-order valence-electron chi connectivity index (χ0n) is 41.8. The number of nitrogens with one attached hydrogen (secondary N) is 1. The summed E-state index contributed by atoms with van der Waals surface area (Å²) in [6.45, 7) is 5.58. The van der Waals surface area contributed by atoms with Gasteiger partial charge in [-0.3, -0.25) is 9.59 Å². The molecule has 8 atom stereocenters. The van der Waals surface area contributed by atoms with Crippen LogP contribution in [0.25, 0.3) is 0 Å². The van der Waals surface area contributed by atoms with Crippen molar-refractivity contribution in [2.75, 3.05) is 13.2 Å². The van der Waals surface area contributed by atoms with Crippen LogP contribution in [0.1, 0.15) is 213 Å². The molecule has 0 aromatic heterocycles. The lowest BCUT2D eigenvalue weighted by Gasteiger charge is -2.41. The van der Waals surface area contributed by atoms with E-state index in [2.05, 4.69) is 50.4 Å². The molecular weight excluding hydrogens is 835 g/mol. The Hall–Kier alpha value is -2.64. The zero-order valence-corrected chi connectivity index (χ0v) is 41.8. The van der Waals surface area contributed by atoms with Gasteiger partial charge in [0.25, 0.3) is 0 Å². The number of carbonyl (C=O) groups excluding carboxylic acids is 2. The van der Waals surface area contributed by atoms with Crippen LogP contribution in [0.5, 0.6) is 0 Å². The van der Waals surface area contributed by atoms with Crippen molar-refractivity contribution in [3.05, 3.63) is 60.8 Å². The molecule has 8 unspecified atom stereocenters. The molecule has 1 rings (SSSR count). The van der Waals surface area contributed by atoms with E-state index in [1.54, 1.807) is 6.08 Å². The summed E-state index contributed by atoms with van der Waals surface area (Å²) in [5.41, 5.74) is 0. The van der Waals surface area contributed by atoms with E-state index in [9.17, 15) is 35.1 Å². The van der Waals surface area contributed by atoms with Gasteiger partial charge in [-0.25, -0.2) is 0 Å². The Kier molecular flexibility index (Phi) is 40.6. The summed E-state index contributed by atoms with van der Waals surface area (Å²) in [6.07, 6.45) is 41.3. The Morgan fingerprint density at radius 2 is 1.11 bits per heavy atom. The molecule has 11 nitrogen and oxygen atoms in total. The van der Waals surface area contributed by atoms with Gasteiger partial charge in [-0.15, -0.1) is 0 Å². The smallest absolute Gasteiger partial charge is 0.306 e. The highest BCUT2D eigenvalue weighted by molar-refractivity contribution is 5.80. The number of rotatable bonds is 43. The SMILES string of the molecule is CC/C=C/C=C/C=C\CCCCCCC(O)C(=O)NC(COC1OC(CO)C(O)C(O)C1OC(=O)CCCCC/C=C\CCCCCCCC)C(O)/C=C/CCCCCCCCCCCC. The molecule has 0 aromatic carbocycles. The number of allylic oxidation sites excluding steroid dienone is 9. The minimum absolute atomic E-state index is 0.0991. The van der Waals surface area contributed by atoms with E-state index in [4.69, 9.17) is 14.2 Å². The second kappa shape index (κ2) is 43.6. The fourth-order valence-electron chi connectivity index (χ4n) is 7.94. The number of aliphatic hydroxyl groups excluding tert-OH is 5. The van der Waals surface area contributed by atoms with Gasteiger partial charge in [-0.05, 0) is 70.6 Å². The Labute approximate surface area is 401 Å². The van der Waals surface area contributed by atoms with Gasteiger partial charge in [0.1, 0.15) is 24.4 Å². The van der Waals surface area contributed by atoms with Gasteiger partial charge in [0.15, 0.2) is 12.4 Å². The molecular formula is C55H97NO10. The first-order chi connectivity index (χ1) is 32.2. The molecule has 0 spiro atoms. The van der Waals surface area contributed by atoms with Gasteiger partial charge in [-0.2, -0.15) is 0 Å². The number of ether oxygens (including phenoxy) is 3. The maximum atomic E-state index is 13.3. The van der Waals surface area contributed by atoms with Gasteiger partial charge in [0, 0.05) is 6.42 Å². The Balaban J connectivity index is 2.81. The van der Waals surface area contributed by atoms with Crippen molar-refractivity contribution in [3.8, 4) is 0 Å². The Morgan fingerprint density at radius 3 is 1.67 bits per heavy atom. The first-order valence-electron chi connectivity index (χ1n) is 26.6. The molecule has 1 fully saturated rings. The Bertz CT molecular complexity index is 1300. The normalized spacial score (nSPS) is 20.6. The van der Waals surface area contributed by atoms with Crippen molar-refractivity contribution in [2.24, 2.45) is 0 Å². The minimum atomic E-state index is -1.62. The molecule has 1 saturated heterocycles. The first-order valence-corrected chi connectivity index (χ1v) is 26.6. The zero-order chi connectivity index (χ0) is 48.3. The van der Waals surface area contributed by atoms with Crippen molar-refractivity contribution < 1.29 is 49.3 Å². The molecule has 6 N–H and O–H groups in total. The highest BCUT2D eigenvalue weighted by atomic mass is 16.7. The average molecular weight is 932 g/mol. The molecule has 0 saturated carbocycles. The summed E-state index contributed by atoms with van der Waals surface area (Å²) in [5, 5.41) is 56.6. The van der Waals surface area contributed by atoms with E-state index < -0.39 is 67.4 Å².